The van der Waals surface area contributed by atoms with Gasteiger partial charge in [0.05, 0.1) is 0 Å². The van der Waals surface area contributed by atoms with Crippen LogP contribution in [0.5, 0.6) is 0 Å². The lowest BCUT2D eigenvalue weighted by molar-refractivity contribution is -0.157. The molecule has 25 heavy (non-hydrogen) atoms. The topological polar surface area (TPSA) is 193 Å². The van der Waals surface area contributed by atoms with E-state index in [1.807, 2.05) is 0 Å². The lowest BCUT2D eigenvalue weighted by atomic mass is 10.0. The fourth-order valence-electron chi connectivity index (χ4n) is 2.73. The molecule has 12 nitrogen and oxygen atoms in total. The number of H-pyrrole nitrogens is 2. The fraction of sp³-hybridized carbons (Fsp3) is 0.500. The molecule has 1 fully saturated rings. The average Bonchev–Trinajstić information content (AvgIpc) is 3.05. The maximum absolute atomic E-state index is 11.9. The second-order valence-corrected chi connectivity index (χ2v) is 7.08. The summed E-state index contributed by atoms with van der Waals surface area (Å²) >= 11 is 0. The Morgan fingerprint density at radius 2 is 2.20 bits per heavy atom. The number of hydrogen-bond donors (Lipinski definition) is 6. The fourth-order valence-corrected chi connectivity index (χ4v) is 3.07. The Labute approximate surface area is 140 Å². The zero-order valence-electron chi connectivity index (χ0n) is 12.9. The quantitative estimate of drug-likeness (QED) is 0.344. The molecule has 0 amide bonds. The first-order valence-electron chi connectivity index (χ1n) is 7.10. The van der Waals surface area contributed by atoms with E-state index in [2.05, 4.69) is 15.0 Å². The van der Waals surface area contributed by atoms with Crippen molar-refractivity contribution in [3.63, 3.8) is 0 Å². The number of aromatic amines is 2. The Bertz CT molecular complexity index is 876. The van der Waals surface area contributed by atoms with E-state index in [1.165, 1.54) is 13.3 Å². The van der Waals surface area contributed by atoms with E-state index in [9.17, 15) is 14.5 Å². The van der Waals surface area contributed by atoms with Crippen LogP contribution < -0.4 is 11.3 Å². The van der Waals surface area contributed by atoms with Crippen LogP contribution in [0.1, 0.15) is 11.7 Å². The summed E-state index contributed by atoms with van der Waals surface area (Å²) in [4.78, 5) is 38.8. The number of nitrogens with zero attached hydrogens (tertiary/aromatic N) is 1. The van der Waals surface area contributed by atoms with Crippen LogP contribution >= 0.6 is 7.60 Å². The van der Waals surface area contributed by atoms with E-state index in [4.69, 9.17) is 29.7 Å². The van der Waals surface area contributed by atoms with Crippen LogP contribution in [0.25, 0.3) is 11.0 Å². The van der Waals surface area contributed by atoms with Crippen molar-refractivity contribution < 1.29 is 33.7 Å². The lowest BCUT2D eigenvalue weighted by Crippen LogP contribution is -2.33. The van der Waals surface area contributed by atoms with Crippen molar-refractivity contribution in [1.29, 1.82) is 0 Å². The van der Waals surface area contributed by atoms with Crippen molar-refractivity contribution in [3.05, 3.63) is 22.1 Å². The van der Waals surface area contributed by atoms with E-state index in [0.29, 0.717) is 5.56 Å². The van der Waals surface area contributed by atoms with Crippen LogP contribution in [0.3, 0.4) is 0 Å². The minimum absolute atomic E-state index is 0.0971. The summed E-state index contributed by atoms with van der Waals surface area (Å²) in [6, 6.07) is 0. The summed E-state index contributed by atoms with van der Waals surface area (Å²) in [5.74, 6) is -0.0971. The molecule has 1 saturated heterocycles. The molecule has 138 valence electrons. The standard InChI is InChI=1S/C12H17N4O8P/c1-22-9-7(17)11(23-3-25(19,20)21)24-8(9)4-2-14-6-5(4)15-12(13)16-10(6)18/h2,7-9,11,14,17H,3H2,1H3,(H2,19,20,21)(H3,13,15,16,18)/t7?,8-,9-,11-/m0/s1. The zero-order chi connectivity index (χ0) is 18.4. The SMILES string of the molecule is CO[C@H]1C(O)[C@@H](OCP(=O)(O)O)O[C@H]1c1c[nH]c2c(=O)[nH]c(N)nc12. The predicted octanol–water partition coefficient (Wildman–Crippen LogP) is -1.24. The molecule has 0 saturated carbocycles. The minimum atomic E-state index is -4.44. The van der Waals surface area contributed by atoms with Gasteiger partial charge in [-0.25, -0.2) is 4.98 Å². The summed E-state index contributed by atoms with van der Waals surface area (Å²) in [6.07, 6.45) is -3.91. The molecule has 0 radical (unpaired) electrons. The third-order valence-electron chi connectivity index (χ3n) is 3.76. The smallest absolute Gasteiger partial charge is 0.351 e. The maximum Gasteiger partial charge on any atom is 0.351 e. The van der Waals surface area contributed by atoms with Crippen molar-refractivity contribution >= 4 is 24.6 Å². The Hall–Kier alpha value is -1.79. The number of rotatable bonds is 5. The number of fused-ring (bicyclic) bond motifs is 1. The Morgan fingerprint density at radius 3 is 2.84 bits per heavy atom. The molecule has 1 aliphatic rings. The second kappa shape index (κ2) is 6.50. The van der Waals surface area contributed by atoms with Crippen LogP contribution in [-0.2, 0) is 18.8 Å². The molecule has 0 bridgehead atoms. The van der Waals surface area contributed by atoms with Gasteiger partial charge in [-0.3, -0.25) is 14.3 Å². The number of aliphatic hydroxyl groups excluding tert-OH is 1. The number of anilines is 1. The van der Waals surface area contributed by atoms with Crippen LogP contribution in [0.4, 0.5) is 5.95 Å². The molecule has 7 N–H and O–H groups in total. The number of aliphatic hydroxyl groups is 1. The summed E-state index contributed by atoms with van der Waals surface area (Å²) in [5, 5.41) is 10.2. The number of hydrogen-bond acceptors (Lipinski definition) is 8. The molecule has 0 spiro atoms. The molecular weight excluding hydrogens is 359 g/mol. The van der Waals surface area contributed by atoms with Crippen LogP contribution in [-0.4, -0.2) is 61.8 Å². The van der Waals surface area contributed by atoms with Crippen LogP contribution in [0.15, 0.2) is 11.0 Å². The highest BCUT2D eigenvalue weighted by Crippen LogP contribution is 2.41. The van der Waals surface area contributed by atoms with Crippen molar-refractivity contribution in [3.8, 4) is 0 Å². The molecule has 2 aromatic heterocycles. The number of nitrogens with two attached hydrogens (primary N) is 1. The molecule has 1 aliphatic heterocycles. The average molecular weight is 376 g/mol. The first-order valence-corrected chi connectivity index (χ1v) is 8.90. The predicted molar refractivity (Wildman–Crippen MR) is 83.5 cm³/mol. The number of methoxy groups -OCH3 is 1. The van der Waals surface area contributed by atoms with E-state index in [0.717, 1.165) is 0 Å². The maximum atomic E-state index is 11.9. The highest BCUT2D eigenvalue weighted by molar-refractivity contribution is 7.51. The van der Waals surface area contributed by atoms with Crippen molar-refractivity contribution in [2.75, 3.05) is 19.2 Å². The van der Waals surface area contributed by atoms with Gasteiger partial charge in [0.15, 0.2) is 12.6 Å². The third-order valence-corrected chi connectivity index (χ3v) is 4.25. The molecule has 4 atom stereocenters. The molecular formula is C12H17N4O8P. The van der Waals surface area contributed by atoms with E-state index >= 15 is 0 Å². The zero-order valence-corrected chi connectivity index (χ0v) is 13.8. The van der Waals surface area contributed by atoms with Gasteiger partial charge in [0.1, 0.15) is 29.3 Å². The number of ether oxygens (including phenoxy) is 3. The van der Waals surface area contributed by atoms with Gasteiger partial charge in [-0.15, -0.1) is 0 Å². The normalized spacial score (nSPS) is 27.2. The van der Waals surface area contributed by atoms with Gasteiger partial charge in [-0.2, -0.15) is 0 Å². The van der Waals surface area contributed by atoms with Gasteiger partial charge in [0, 0.05) is 18.9 Å². The third kappa shape index (κ3) is 3.46. The monoisotopic (exact) mass is 376 g/mol. The second-order valence-electron chi connectivity index (χ2n) is 5.50. The lowest BCUT2D eigenvalue weighted by Gasteiger charge is -2.17. The van der Waals surface area contributed by atoms with Crippen molar-refractivity contribution in [2.24, 2.45) is 0 Å². The van der Waals surface area contributed by atoms with E-state index in [1.54, 1.807) is 0 Å². The van der Waals surface area contributed by atoms with E-state index < -0.39 is 44.1 Å². The van der Waals surface area contributed by atoms with Crippen LogP contribution in [0.2, 0.25) is 0 Å². The highest BCUT2D eigenvalue weighted by Gasteiger charge is 2.47. The molecule has 3 heterocycles. The number of nitrogen functional groups attached to an aromatic ring is 1. The molecule has 13 heteroatoms. The summed E-state index contributed by atoms with van der Waals surface area (Å²) in [6.45, 7) is 0. The van der Waals surface area contributed by atoms with Gasteiger partial charge < -0.3 is 39.8 Å². The first kappa shape index (κ1) is 18.0. The van der Waals surface area contributed by atoms with Crippen LogP contribution in [0, 0.1) is 0 Å². The van der Waals surface area contributed by atoms with E-state index in [-0.39, 0.29) is 17.0 Å². The van der Waals surface area contributed by atoms with Crippen molar-refractivity contribution in [1.82, 2.24) is 15.0 Å². The van der Waals surface area contributed by atoms with Gasteiger partial charge in [-0.1, -0.05) is 0 Å². The molecule has 3 rings (SSSR count). The van der Waals surface area contributed by atoms with Crippen molar-refractivity contribution in [2.45, 2.75) is 24.6 Å². The van der Waals surface area contributed by atoms with Gasteiger partial charge >= 0.3 is 7.60 Å². The summed E-state index contributed by atoms with van der Waals surface area (Å²) in [5.41, 5.74) is 5.87. The molecule has 0 aliphatic carbocycles. The number of nitrogens with one attached hydrogen (secondary N) is 2. The minimum Gasteiger partial charge on any atom is -0.385 e. The Balaban J connectivity index is 1.94. The van der Waals surface area contributed by atoms with Gasteiger partial charge in [-0.05, 0) is 0 Å². The van der Waals surface area contributed by atoms with Gasteiger partial charge in [0.2, 0.25) is 5.95 Å². The summed E-state index contributed by atoms with van der Waals surface area (Å²) in [7, 11) is -3.11. The Kier molecular flexibility index (Phi) is 4.68. The molecule has 0 aromatic carbocycles. The molecule has 2 aromatic rings. The summed E-state index contributed by atoms with van der Waals surface area (Å²) < 4.78 is 26.7. The first-order chi connectivity index (χ1) is 11.7. The highest BCUT2D eigenvalue weighted by atomic mass is 31.2. The Morgan fingerprint density at radius 1 is 1.48 bits per heavy atom. The molecule has 1 unspecified atom stereocenters. The number of aromatic nitrogens is 3. The van der Waals surface area contributed by atoms with Gasteiger partial charge in [0.25, 0.3) is 5.56 Å². The largest absolute Gasteiger partial charge is 0.385 e.